The first-order valence-corrected chi connectivity index (χ1v) is 11.4. The predicted molar refractivity (Wildman–Crippen MR) is 106 cm³/mol. The van der Waals surface area contributed by atoms with Crippen molar-refractivity contribution in [3.63, 3.8) is 0 Å². The van der Waals surface area contributed by atoms with Gasteiger partial charge in [0, 0.05) is 0 Å². The summed E-state index contributed by atoms with van der Waals surface area (Å²) in [5.41, 5.74) is 0. The Bertz CT molecular complexity index is 357. The van der Waals surface area contributed by atoms with Crippen molar-refractivity contribution < 1.29 is 0 Å². The largest absolute Gasteiger partial charge is 0.0914 e. The Morgan fingerprint density at radius 3 is 1.46 bits per heavy atom. The summed E-state index contributed by atoms with van der Waals surface area (Å²) in [4.78, 5) is 0. The van der Waals surface area contributed by atoms with Gasteiger partial charge in [0.25, 0.3) is 0 Å². The Labute approximate surface area is 151 Å². The number of hydrogen-bond donors (Lipinski definition) is 0. The predicted octanol–water partition coefficient (Wildman–Crippen LogP) is 7.78. The van der Waals surface area contributed by atoms with Gasteiger partial charge in [-0.15, -0.1) is 0 Å². The van der Waals surface area contributed by atoms with Gasteiger partial charge in [-0.05, 0) is 107 Å². The van der Waals surface area contributed by atoms with Crippen LogP contribution in [0.15, 0.2) is 12.2 Å². The third-order valence-electron chi connectivity index (χ3n) is 8.02. The van der Waals surface area contributed by atoms with Gasteiger partial charge in [0.05, 0.1) is 0 Å². The van der Waals surface area contributed by atoms with E-state index in [9.17, 15) is 0 Å². The molecular formula is C24H42. The lowest BCUT2D eigenvalue weighted by Crippen LogP contribution is -2.29. The second-order valence-corrected chi connectivity index (χ2v) is 9.44. The minimum absolute atomic E-state index is 0.904. The van der Waals surface area contributed by atoms with Crippen molar-refractivity contribution in [3.05, 3.63) is 12.2 Å². The third-order valence-corrected chi connectivity index (χ3v) is 8.02. The zero-order valence-corrected chi connectivity index (χ0v) is 16.5. The van der Waals surface area contributed by atoms with E-state index in [1.165, 1.54) is 38.5 Å². The van der Waals surface area contributed by atoms with Crippen LogP contribution in [0.3, 0.4) is 0 Å². The van der Waals surface area contributed by atoms with E-state index < -0.39 is 0 Å². The Kier molecular flexibility index (Phi) is 7.29. The lowest BCUT2D eigenvalue weighted by molar-refractivity contribution is 0.107. The van der Waals surface area contributed by atoms with Crippen molar-refractivity contribution in [2.45, 2.75) is 104 Å². The van der Waals surface area contributed by atoms with E-state index in [0.29, 0.717) is 0 Å². The summed E-state index contributed by atoms with van der Waals surface area (Å²) >= 11 is 0. The first-order valence-electron chi connectivity index (χ1n) is 11.4. The lowest BCUT2D eigenvalue weighted by Gasteiger charge is -2.41. The molecule has 0 nitrogen and oxygen atoms in total. The van der Waals surface area contributed by atoms with Gasteiger partial charge < -0.3 is 0 Å². The molecule has 0 bridgehead atoms. The molecule has 0 heterocycles. The highest BCUT2D eigenvalue weighted by molar-refractivity contribution is 4.91. The summed E-state index contributed by atoms with van der Waals surface area (Å²) in [5.74, 6) is 6.35. The zero-order valence-electron chi connectivity index (χ0n) is 16.5. The van der Waals surface area contributed by atoms with Crippen LogP contribution in [0.4, 0.5) is 0 Å². The second kappa shape index (κ2) is 9.44. The molecule has 3 aliphatic rings. The van der Waals surface area contributed by atoms with Crippen molar-refractivity contribution in [1.29, 1.82) is 0 Å². The Morgan fingerprint density at radius 1 is 0.625 bits per heavy atom. The molecule has 0 atom stereocenters. The van der Waals surface area contributed by atoms with E-state index in [1.807, 2.05) is 0 Å². The molecule has 24 heavy (non-hydrogen) atoms. The summed E-state index contributed by atoms with van der Waals surface area (Å²) in [6.45, 7) is 4.54. The summed E-state index contributed by atoms with van der Waals surface area (Å²) in [5, 5.41) is 0. The Hall–Kier alpha value is -0.260. The molecule has 3 saturated carbocycles. The minimum Gasteiger partial charge on any atom is -0.0914 e. The molecule has 0 saturated heterocycles. The van der Waals surface area contributed by atoms with Crippen LogP contribution in [0.1, 0.15) is 104 Å². The van der Waals surface area contributed by atoms with E-state index in [2.05, 4.69) is 26.0 Å². The van der Waals surface area contributed by atoms with Crippen LogP contribution in [-0.4, -0.2) is 0 Å². The smallest absolute Gasteiger partial charge is 0.0233 e. The average molecular weight is 331 g/mol. The van der Waals surface area contributed by atoms with Crippen LogP contribution in [0.2, 0.25) is 0 Å². The monoisotopic (exact) mass is 330 g/mol. The first kappa shape index (κ1) is 18.5. The third kappa shape index (κ3) is 4.89. The number of allylic oxidation sites excluding steroid dienone is 2. The van der Waals surface area contributed by atoms with Crippen LogP contribution in [0.5, 0.6) is 0 Å². The molecule has 3 rings (SSSR count). The van der Waals surface area contributed by atoms with Gasteiger partial charge in [-0.3, -0.25) is 0 Å². The molecule has 0 heteroatoms. The fourth-order valence-corrected chi connectivity index (χ4v) is 6.53. The van der Waals surface area contributed by atoms with E-state index >= 15 is 0 Å². The average Bonchev–Trinajstić information content (AvgIpc) is 2.64. The standard InChI is InChI=1S/C24H42/c1-3-5-19-7-11-21(12-8-19)23-15-17-24(18-16-23)22-13-9-20(6-4-2)10-14-22/h3,5,19-24H,4,6-18H2,1-2H3. The maximum Gasteiger partial charge on any atom is -0.0233 e. The maximum absolute atomic E-state index is 2.46. The summed E-state index contributed by atoms with van der Waals surface area (Å²) in [6, 6.07) is 0. The molecule has 0 aromatic heterocycles. The quantitative estimate of drug-likeness (QED) is 0.451. The molecule has 0 aromatic rings. The van der Waals surface area contributed by atoms with Crippen molar-refractivity contribution in [1.82, 2.24) is 0 Å². The highest BCUT2D eigenvalue weighted by Gasteiger charge is 2.34. The lowest BCUT2D eigenvalue weighted by atomic mass is 9.65. The van der Waals surface area contributed by atoms with E-state index in [4.69, 9.17) is 0 Å². The first-order chi connectivity index (χ1) is 11.8. The molecule has 0 N–H and O–H groups in total. The number of rotatable bonds is 5. The van der Waals surface area contributed by atoms with E-state index in [1.54, 1.807) is 51.4 Å². The Balaban J connectivity index is 1.37. The van der Waals surface area contributed by atoms with E-state index in [-0.39, 0.29) is 0 Å². The summed E-state index contributed by atoms with van der Waals surface area (Å²) in [7, 11) is 0. The van der Waals surface area contributed by atoms with Gasteiger partial charge in [0.2, 0.25) is 0 Å². The molecule has 3 fully saturated rings. The second-order valence-electron chi connectivity index (χ2n) is 9.44. The maximum atomic E-state index is 2.46. The summed E-state index contributed by atoms with van der Waals surface area (Å²) < 4.78 is 0. The molecule has 3 aliphatic carbocycles. The van der Waals surface area contributed by atoms with Crippen LogP contribution in [-0.2, 0) is 0 Å². The Morgan fingerprint density at radius 2 is 1.04 bits per heavy atom. The molecule has 138 valence electrons. The SMILES string of the molecule is CC=CC1CCC(C2CCC(C3CCC(CCC)CC3)CC2)CC1. The number of hydrogen-bond acceptors (Lipinski definition) is 0. The van der Waals surface area contributed by atoms with Crippen LogP contribution < -0.4 is 0 Å². The molecule has 0 spiro atoms. The minimum atomic E-state index is 0.904. The van der Waals surface area contributed by atoms with Crippen molar-refractivity contribution in [2.75, 3.05) is 0 Å². The molecular weight excluding hydrogens is 288 g/mol. The van der Waals surface area contributed by atoms with E-state index in [0.717, 1.165) is 35.5 Å². The molecule has 0 amide bonds. The summed E-state index contributed by atoms with van der Waals surface area (Å²) in [6.07, 6.45) is 26.1. The molecule has 0 aliphatic heterocycles. The molecule has 0 unspecified atom stereocenters. The zero-order chi connectivity index (χ0) is 16.8. The normalized spacial score (nSPS) is 41.6. The van der Waals surface area contributed by atoms with Crippen LogP contribution >= 0.6 is 0 Å². The van der Waals surface area contributed by atoms with Gasteiger partial charge in [-0.1, -0.05) is 44.8 Å². The van der Waals surface area contributed by atoms with Crippen molar-refractivity contribution >= 4 is 0 Å². The fourth-order valence-electron chi connectivity index (χ4n) is 6.53. The van der Waals surface area contributed by atoms with Crippen LogP contribution in [0, 0.1) is 35.5 Å². The van der Waals surface area contributed by atoms with Gasteiger partial charge in [-0.25, -0.2) is 0 Å². The van der Waals surface area contributed by atoms with Crippen molar-refractivity contribution in [3.8, 4) is 0 Å². The molecule has 0 aromatic carbocycles. The highest BCUT2D eigenvalue weighted by Crippen LogP contribution is 2.46. The van der Waals surface area contributed by atoms with Gasteiger partial charge in [-0.2, -0.15) is 0 Å². The molecule has 0 radical (unpaired) electrons. The van der Waals surface area contributed by atoms with Crippen LogP contribution in [0.25, 0.3) is 0 Å². The highest BCUT2D eigenvalue weighted by atomic mass is 14.4. The fraction of sp³-hybridized carbons (Fsp3) is 0.917. The van der Waals surface area contributed by atoms with Gasteiger partial charge >= 0.3 is 0 Å². The van der Waals surface area contributed by atoms with Gasteiger partial charge in [0.15, 0.2) is 0 Å². The van der Waals surface area contributed by atoms with Crippen molar-refractivity contribution in [2.24, 2.45) is 35.5 Å². The van der Waals surface area contributed by atoms with Gasteiger partial charge in [0.1, 0.15) is 0 Å². The topological polar surface area (TPSA) is 0 Å².